The molecule has 0 bridgehead atoms. The number of rotatable bonds is 3. The standard InChI is InChI=1S/C10H11F3N6/c1-2-7-15-3-4-19(7)8-5-6(10(11,12)13)16-9(17-8)18-14/h3-5H,2,14H2,1H3,(H,16,17,18). The van der Waals surface area contributed by atoms with Gasteiger partial charge in [0.05, 0.1) is 0 Å². The molecule has 0 fully saturated rings. The molecule has 0 saturated carbocycles. The van der Waals surface area contributed by atoms with E-state index in [0.29, 0.717) is 12.2 Å². The fraction of sp³-hybridized carbons (Fsp3) is 0.300. The lowest BCUT2D eigenvalue weighted by Gasteiger charge is -2.11. The lowest BCUT2D eigenvalue weighted by Crippen LogP contribution is -2.17. The number of nitrogens with zero attached hydrogens (tertiary/aromatic N) is 4. The third-order valence-electron chi connectivity index (χ3n) is 2.41. The van der Waals surface area contributed by atoms with Gasteiger partial charge in [0.2, 0.25) is 5.95 Å². The van der Waals surface area contributed by atoms with Gasteiger partial charge in [-0.25, -0.2) is 15.8 Å². The van der Waals surface area contributed by atoms with Gasteiger partial charge < -0.3 is 0 Å². The van der Waals surface area contributed by atoms with Crippen LogP contribution in [0.25, 0.3) is 5.82 Å². The van der Waals surface area contributed by atoms with E-state index in [0.717, 1.165) is 6.07 Å². The monoisotopic (exact) mass is 272 g/mol. The first-order chi connectivity index (χ1) is 8.95. The molecule has 2 rings (SSSR count). The van der Waals surface area contributed by atoms with Crippen molar-refractivity contribution in [2.45, 2.75) is 19.5 Å². The molecule has 0 atom stereocenters. The van der Waals surface area contributed by atoms with Gasteiger partial charge in [-0.1, -0.05) is 6.92 Å². The summed E-state index contributed by atoms with van der Waals surface area (Å²) in [6.07, 6.45) is -0.995. The number of hydrogen-bond acceptors (Lipinski definition) is 5. The van der Waals surface area contributed by atoms with Gasteiger partial charge in [-0.05, 0) is 0 Å². The second-order valence-corrected chi connectivity index (χ2v) is 3.64. The maximum Gasteiger partial charge on any atom is 0.433 e. The third-order valence-corrected chi connectivity index (χ3v) is 2.41. The van der Waals surface area contributed by atoms with Crippen LogP contribution in [0.5, 0.6) is 0 Å². The van der Waals surface area contributed by atoms with E-state index >= 15 is 0 Å². The molecular formula is C10H11F3N6. The SMILES string of the molecule is CCc1nccn1-c1cc(C(F)(F)F)nc(NN)n1. The van der Waals surface area contributed by atoms with Crippen LogP contribution in [0.3, 0.4) is 0 Å². The van der Waals surface area contributed by atoms with Gasteiger partial charge in [0.15, 0.2) is 5.69 Å². The lowest BCUT2D eigenvalue weighted by atomic mass is 10.3. The number of halogens is 3. The van der Waals surface area contributed by atoms with E-state index < -0.39 is 11.9 Å². The number of nitrogens with two attached hydrogens (primary N) is 1. The summed E-state index contributed by atoms with van der Waals surface area (Å²) in [4.78, 5) is 11.2. The molecule has 6 nitrogen and oxygen atoms in total. The van der Waals surface area contributed by atoms with Gasteiger partial charge in [-0.2, -0.15) is 18.2 Å². The van der Waals surface area contributed by atoms with Crippen molar-refractivity contribution in [3.8, 4) is 5.82 Å². The predicted molar refractivity (Wildman–Crippen MR) is 61.3 cm³/mol. The van der Waals surface area contributed by atoms with Crippen LogP contribution in [0.4, 0.5) is 19.1 Å². The predicted octanol–water partition coefficient (Wildman–Crippen LogP) is 1.53. The van der Waals surface area contributed by atoms with Crippen LogP contribution in [-0.2, 0) is 12.6 Å². The summed E-state index contributed by atoms with van der Waals surface area (Å²) >= 11 is 0. The smallest absolute Gasteiger partial charge is 0.292 e. The summed E-state index contributed by atoms with van der Waals surface area (Å²) in [7, 11) is 0. The Morgan fingerprint density at radius 2 is 2.11 bits per heavy atom. The molecule has 2 heterocycles. The van der Waals surface area contributed by atoms with Crippen molar-refractivity contribution >= 4 is 5.95 Å². The molecule has 0 spiro atoms. The van der Waals surface area contributed by atoms with E-state index in [1.165, 1.54) is 17.0 Å². The van der Waals surface area contributed by atoms with E-state index in [9.17, 15) is 13.2 Å². The number of aryl methyl sites for hydroxylation is 1. The Balaban J connectivity index is 2.57. The average molecular weight is 272 g/mol. The van der Waals surface area contributed by atoms with Gasteiger partial charge in [-0.15, -0.1) is 0 Å². The largest absolute Gasteiger partial charge is 0.433 e. The average Bonchev–Trinajstić information content (AvgIpc) is 2.85. The minimum absolute atomic E-state index is 0.0598. The molecule has 0 unspecified atom stereocenters. The van der Waals surface area contributed by atoms with E-state index in [1.807, 2.05) is 12.3 Å². The van der Waals surface area contributed by atoms with Crippen molar-refractivity contribution in [2.75, 3.05) is 5.43 Å². The molecule has 0 saturated heterocycles. The highest BCUT2D eigenvalue weighted by molar-refractivity contribution is 5.36. The number of hydrazine groups is 1. The zero-order valence-electron chi connectivity index (χ0n) is 9.94. The quantitative estimate of drug-likeness (QED) is 0.654. The van der Waals surface area contributed by atoms with Crippen LogP contribution in [0.2, 0.25) is 0 Å². The zero-order chi connectivity index (χ0) is 14.0. The molecule has 2 aromatic rings. The van der Waals surface area contributed by atoms with Crippen molar-refractivity contribution in [2.24, 2.45) is 5.84 Å². The molecule has 0 radical (unpaired) electrons. The molecule has 3 N–H and O–H groups in total. The number of nitrogens with one attached hydrogen (secondary N) is 1. The molecule has 0 amide bonds. The van der Waals surface area contributed by atoms with Crippen LogP contribution in [-0.4, -0.2) is 19.5 Å². The van der Waals surface area contributed by atoms with Crippen molar-refractivity contribution in [3.05, 3.63) is 30.0 Å². The summed E-state index contributed by atoms with van der Waals surface area (Å²) in [6.45, 7) is 1.84. The van der Waals surface area contributed by atoms with Crippen molar-refractivity contribution < 1.29 is 13.2 Å². The first-order valence-corrected chi connectivity index (χ1v) is 5.41. The van der Waals surface area contributed by atoms with Gasteiger partial charge >= 0.3 is 6.18 Å². The molecule has 19 heavy (non-hydrogen) atoms. The first kappa shape index (κ1) is 13.3. The van der Waals surface area contributed by atoms with E-state index in [-0.39, 0.29) is 11.8 Å². The highest BCUT2D eigenvalue weighted by Gasteiger charge is 2.34. The Bertz CT molecular complexity index is 577. The molecule has 9 heteroatoms. The number of anilines is 1. The Morgan fingerprint density at radius 1 is 1.37 bits per heavy atom. The molecule has 0 aliphatic rings. The minimum atomic E-state index is -4.57. The third kappa shape index (κ3) is 2.65. The molecule has 0 aromatic carbocycles. The van der Waals surface area contributed by atoms with Crippen LogP contribution in [0.15, 0.2) is 18.5 Å². The van der Waals surface area contributed by atoms with Crippen molar-refractivity contribution in [3.63, 3.8) is 0 Å². The minimum Gasteiger partial charge on any atom is -0.292 e. The normalized spacial score (nSPS) is 11.6. The van der Waals surface area contributed by atoms with Crippen LogP contribution < -0.4 is 11.3 Å². The number of hydrogen-bond donors (Lipinski definition) is 2. The number of imidazole rings is 1. The van der Waals surface area contributed by atoms with Gasteiger partial charge in [0, 0.05) is 24.9 Å². The fourth-order valence-electron chi connectivity index (χ4n) is 1.57. The van der Waals surface area contributed by atoms with E-state index in [2.05, 4.69) is 15.0 Å². The summed E-state index contributed by atoms with van der Waals surface area (Å²) in [5.74, 6) is 5.43. The number of nitrogen functional groups attached to an aromatic ring is 1. The summed E-state index contributed by atoms with van der Waals surface area (Å²) < 4.78 is 39.6. The molecule has 0 aliphatic heterocycles. The second kappa shape index (κ2) is 4.84. The van der Waals surface area contributed by atoms with Crippen molar-refractivity contribution in [1.29, 1.82) is 0 Å². The van der Waals surface area contributed by atoms with Crippen LogP contribution >= 0.6 is 0 Å². The molecule has 2 aromatic heterocycles. The fourth-order valence-corrected chi connectivity index (χ4v) is 1.57. The maximum absolute atomic E-state index is 12.7. The summed E-state index contributed by atoms with van der Waals surface area (Å²) in [5, 5.41) is 0. The summed E-state index contributed by atoms with van der Waals surface area (Å²) in [6, 6.07) is 0.849. The Labute approximate surface area is 106 Å². The van der Waals surface area contributed by atoms with Crippen LogP contribution in [0.1, 0.15) is 18.4 Å². The van der Waals surface area contributed by atoms with Gasteiger partial charge in [0.1, 0.15) is 11.6 Å². The Morgan fingerprint density at radius 3 is 2.68 bits per heavy atom. The van der Waals surface area contributed by atoms with Gasteiger partial charge in [0.25, 0.3) is 0 Å². The van der Waals surface area contributed by atoms with Crippen molar-refractivity contribution in [1.82, 2.24) is 19.5 Å². The van der Waals surface area contributed by atoms with E-state index in [1.54, 1.807) is 0 Å². The summed E-state index contributed by atoms with van der Waals surface area (Å²) in [5.41, 5.74) is 0.955. The Hall–Kier alpha value is -2.16. The highest BCUT2D eigenvalue weighted by Crippen LogP contribution is 2.29. The molecular weight excluding hydrogens is 261 g/mol. The zero-order valence-corrected chi connectivity index (χ0v) is 9.94. The maximum atomic E-state index is 12.7. The van der Waals surface area contributed by atoms with Crippen LogP contribution in [0, 0.1) is 0 Å². The number of alkyl halides is 3. The highest BCUT2D eigenvalue weighted by atomic mass is 19.4. The second-order valence-electron chi connectivity index (χ2n) is 3.64. The Kier molecular flexibility index (Phi) is 3.38. The van der Waals surface area contributed by atoms with E-state index in [4.69, 9.17) is 5.84 Å². The molecule has 102 valence electrons. The topological polar surface area (TPSA) is 81.7 Å². The first-order valence-electron chi connectivity index (χ1n) is 5.41. The van der Waals surface area contributed by atoms with Gasteiger partial charge in [-0.3, -0.25) is 9.99 Å². The number of aromatic nitrogens is 4. The molecule has 0 aliphatic carbocycles. The lowest BCUT2D eigenvalue weighted by molar-refractivity contribution is -0.141.